The Morgan fingerprint density at radius 1 is 1.26 bits per heavy atom. The largest absolute Gasteiger partial charge is 1.00 e. The number of benzene rings is 1. The van der Waals surface area contributed by atoms with Crippen LogP contribution in [-0.2, 0) is 11.3 Å². The van der Waals surface area contributed by atoms with Gasteiger partial charge in [0.15, 0.2) is 18.9 Å². The van der Waals surface area contributed by atoms with Gasteiger partial charge < -0.3 is 21.7 Å². The SMILES string of the molecule is COC(=O)c1cc[n+](Cc2ccccc2)cc1Br.[Br-]. The van der Waals surface area contributed by atoms with Crippen LogP contribution in [0.15, 0.2) is 53.3 Å². The fourth-order valence-corrected chi connectivity index (χ4v) is 2.23. The van der Waals surface area contributed by atoms with Crippen molar-refractivity contribution in [1.29, 1.82) is 0 Å². The van der Waals surface area contributed by atoms with E-state index in [4.69, 9.17) is 4.74 Å². The third kappa shape index (κ3) is 4.14. The second kappa shape index (κ2) is 7.40. The maximum atomic E-state index is 11.4. The summed E-state index contributed by atoms with van der Waals surface area (Å²) >= 11 is 3.38. The van der Waals surface area contributed by atoms with E-state index >= 15 is 0 Å². The number of hydrogen-bond donors (Lipinski definition) is 0. The highest BCUT2D eigenvalue weighted by Gasteiger charge is 2.14. The molecule has 2 aromatic rings. The summed E-state index contributed by atoms with van der Waals surface area (Å²) in [6.45, 7) is 0.765. The molecule has 0 atom stereocenters. The van der Waals surface area contributed by atoms with Crippen LogP contribution in [0.1, 0.15) is 15.9 Å². The summed E-state index contributed by atoms with van der Waals surface area (Å²) in [6.07, 6.45) is 3.74. The first-order valence-corrected chi connectivity index (χ1v) is 6.31. The summed E-state index contributed by atoms with van der Waals surface area (Å²) in [5.74, 6) is -0.339. The topological polar surface area (TPSA) is 30.2 Å². The van der Waals surface area contributed by atoms with Crippen molar-refractivity contribution < 1.29 is 31.1 Å². The summed E-state index contributed by atoms with van der Waals surface area (Å²) in [4.78, 5) is 11.4. The molecule has 0 radical (unpaired) electrons. The number of esters is 1. The zero-order chi connectivity index (χ0) is 13.0. The van der Waals surface area contributed by atoms with Crippen molar-refractivity contribution in [3.8, 4) is 0 Å². The van der Waals surface area contributed by atoms with Crippen LogP contribution in [0.25, 0.3) is 0 Å². The van der Waals surface area contributed by atoms with Crippen LogP contribution >= 0.6 is 15.9 Å². The first kappa shape index (κ1) is 15.9. The Balaban J connectivity index is 0.00000180. The molecule has 1 heterocycles. The van der Waals surface area contributed by atoms with E-state index in [1.165, 1.54) is 12.7 Å². The average molecular weight is 387 g/mol. The number of carbonyl (C=O) groups is 1. The molecule has 0 fully saturated rings. The van der Waals surface area contributed by atoms with E-state index in [0.717, 1.165) is 11.0 Å². The maximum Gasteiger partial charge on any atom is 0.339 e. The van der Waals surface area contributed by atoms with Crippen molar-refractivity contribution in [2.24, 2.45) is 0 Å². The Morgan fingerprint density at radius 3 is 2.53 bits per heavy atom. The van der Waals surface area contributed by atoms with Crippen molar-refractivity contribution in [1.82, 2.24) is 0 Å². The van der Waals surface area contributed by atoms with Crippen LogP contribution in [0, 0.1) is 0 Å². The van der Waals surface area contributed by atoms with Crippen molar-refractivity contribution in [2.45, 2.75) is 6.54 Å². The van der Waals surface area contributed by atoms with Crippen LogP contribution in [-0.4, -0.2) is 13.1 Å². The predicted octanol–water partition coefficient (Wildman–Crippen LogP) is -0.425. The van der Waals surface area contributed by atoms with Gasteiger partial charge in [-0.15, -0.1) is 0 Å². The lowest BCUT2D eigenvalue weighted by atomic mass is 10.2. The highest BCUT2D eigenvalue weighted by molar-refractivity contribution is 9.10. The monoisotopic (exact) mass is 385 g/mol. The number of ether oxygens (including phenoxy) is 1. The number of hydrogen-bond acceptors (Lipinski definition) is 2. The van der Waals surface area contributed by atoms with Gasteiger partial charge in [-0.3, -0.25) is 0 Å². The minimum absolute atomic E-state index is 0. The number of carbonyl (C=O) groups excluding carboxylic acids is 1. The van der Waals surface area contributed by atoms with Crippen molar-refractivity contribution in [3.63, 3.8) is 0 Å². The molecule has 0 spiro atoms. The number of nitrogens with zero attached hydrogens (tertiary/aromatic N) is 1. The smallest absolute Gasteiger partial charge is 0.339 e. The molecule has 0 aliphatic rings. The molecule has 1 aromatic carbocycles. The molecular weight excluding hydrogens is 374 g/mol. The van der Waals surface area contributed by atoms with Crippen molar-refractivity contribution in [3.05, 3.63) is 64.4 Å². The second-order valence-electron chi connectivity index (χ2n) is 3.86. The van der Waals surface area contributed by atoms with E-state index < -0.39 is 0 Å². The standard InChI is InChI=1S/C14H13BrNO2.BrH/c1-18-14(17)12-7-8-16(10-13(12)15)9-11-5-3-2-4-6-11;/h2-8,10H,9H2,1H3;1H/q+1;/p-1. The minimum Gasteiger partial charge on any atom is -1.00 e. The lowest BCUT2D eigenvalue weighted by Gasteiger charge is -2.02. The number of pyridine rings is 1. The quantitative estimate of drug-likeness (QED) is 0.529. The zero-order valence-electron chi connectivity index (χ0n) is 10.3. The van der Waals surface area contributed by atoms with Gasteiger partial charge in [-0.25, -0.2) is 4.79 Å². The van der Waals surface area contributed by atoms with E-state index in [2.05, 4.69) is 28.1 Å². The Labute approximate surface area is 131 Å². The molecule has 0 saturated heterocycles. The van der Waals surface area contributed by atoms with E-state index in [1.807, 2.05) is 35.2 Å². The Morgan fingerprint density at radius 2 is 1.95 bits per heavy atom. The molecule has 19 heavy (non-hydrogen) atoms. The highest BCUT2D eigenvalue weighted by atomic mass is 79.9. The third-order valence-electron chi connectivity index (χ3n) is 2.58. The van der Waals surface area contributed by atoms with Crippen LogP contribution in [0.2, 0.25) is 0 Å². The second-order valence-corrected chi connectivity index (χ2v) is 4.71. The zero-order valence-corrected chi connectivity index (χ0v) is 13.5. The van der Waals surface area contributed by atoms with E-state index in [-0.39, 0.29) is 23.0 Å². The van der Waals surface area contributed by atoms with Gasteiger partial charge in [0.2, 0.25) is 0 Å². The first-order valence-electron chi connectivity index (χ1n) is 5.51. The van der Waals surface area contributed by atoms with Gasteiger partial charge in [0, 0.05) is 11.6 Å². The van der Waals surface area contributed by atoms with Gasteiger partial charge in [0.25, 0.3) is 0 Å². The van der Waals surface area contributed by atoms with Gasteiger partial charge in [-0.1, -0.05) is 30.3 Å². The van der Waals surface area contributed by atoms with Crippen LogP contribution in [0.3, 0.4) is 0 Å². The maximum absolute atomic E-state index is 11.4. The molecule has 2 rings (SSSR count). The van der Waals surface area contributed by atoms with E-state index in [1.54, 1.807) is 6.07 Å². The summed E-state index contributed by atoms with van der Waals surface area (Å²) in [5, 5.41) is 0. The number of rotatable bonds is 3. The minimum atomic E-state index is -0.339. The van der Waals surface area contributed by atoms with Crippen LogP contribution in [0.4, 0.5) is 0 Å². The predicted molar refractivity (Wildman–Crippen MR) is 71.2 cm³/mol. The fourth-order valence-electron chi connectivity index (χ4n) is 1.68. The molecule has 5 heteroatoms. The number of methoxy groups -OCH3 is 1. The molecule has 3 nitrogen and oxygen atoms in total. The van der Waals surface area contributed by atoms with Crippen LogP contribution in [0.5, 0.6) is 0 Å². The molecule has 0 N–H and O–H groups in total. The molecular formula is C14H13Br2NO2. The van der Waals surface area contributed by atoms with Gasteiger partial charge in [-0.2, -0.15) is 4.57 Å². The molecule has 0 saturated carbocycles. The Bertz CT molecular complexity index is 559. The molecule has 0 unspecified atom stereocenters. The van der Waals surface area contributed by atoms with Crippen molar-refractivity contribution >= 4 is 21.9 Å². The summed E-state index contributed by atoms with van der Waals surface area (Å²) < 4.78 is 7.43. The van der Waals surface area contributed by atoms with E-state index in [9.17, 15) is 4.79 Å². The third-order valence-corrected chi connectivity index (χ3v) is 3.21. The summed E-state index contributed by atoms with van der Waals surface area (Å²) in [5.41, 5.74) is 1.74. The first-order chi connectivity index (χ1) is 8.70. The fraction of sp³-hybridized carbons (Fsp3) is 0.143. The van der Waals surface area contributed by atoms with Gasteiger partial charge in [0.1, 0.15) is 0 Å². The molecule has 100 valence electrons. The van der Waals surface area contributed by atoms with Gasteiger partial charge >= 0.3 is 5.97 Å². The lowest BCUT2D eigenvalue weighted by Crippen LogP contribution is -3.00. The molecule has 0 aliphatic heterocycles. The van der Waals surface area contributed by atoms with Crippen LogP contribution < -0.4 is 21.5 Å². The Hall–Kier alpha value is -1.20. The average Bonchev–Trinajstić information content (AvgIpc) is 2.39. The number of halogens is 2. The van der Waals surface area contributed by atoms with Gasteiger partial charge in [0.05, 0.1) is 17.1 Å². The van der Waals surface area contributed by atoms with E-state index in [0.29, 0.717) is 5.56 Å². The molecule has 1 aromatic heterocycles. The Kier molecular flexibility index (Phi) is 6.18. The molecule has 0 amide bonds. The van der Waals surface area contributed by atoms with Crippen molar-refractivity contribution in [2.75, 3.05) is 7.11 Å². The molecule has 0 aliphatic carbocycles. The normalized spacial score (nSPS) is 9.58. The lowest BCUT2D eigenvalue weighted by molar-refractivity contribution is -0.688. The summed E-state index contributed by atoms with van der Waals surface area (Å²) in [7, 11) is 1.37. The van der Waals surface area contributed by atoms with Gasteiger partial charge in [-0.05, 0) is 15.9 Å². The summed E-state index contributed by atoms with van der Waals surface area (Å²) in [6, 6.07) is 11.9. The highest BCUT2D eigenvalue weighted by Crippen LogP contribution is 2.14. The number of aromatic nitrogens is 1. The molecule has 0 bridgehead atoms.